The number of hydrogen-bond acceptors (Lipinski definition) is 5. The number of fused-ring (bicyclic) bond motifs is 1. The van der Waals surface area contributed by atoms with Crippen LogP contribution in [0.1, 0.15) is 47.0 Å². The molecule has 0 aromatic heterocycles. The normalized spacial score (nSPS) is 28.5. The third-order valence-corrected chi connectivity index (χ3v) is 7.48. The molecule has 0 aromatic carbocycles. The summed E-state index contributed by atoms with van der Waals surface area (Å²) in [5.41, 5.74) is -0.255. The summed E-state index contributed by atoms with van der Waals surface area (Å²) in [7, 11) is 0. The number of carbonyl (C=O) groups is 4. The van der Waals surface area contributed by atoms with Gasteiger partial charge in [-0.3, -0.25) is 19.2 Å². The molecule has 6 atom stereocenters. The van der Waals surface area contributed by atoms with Crippen molar-refractivity contribution >= 4 is 23.6 Å². The molecule has 0 aromatic rings. The van der Waals surface area contributed by atoms with Crippen molar-refractivity contribution in [2.75, 3.05) is 13.1 Å². The van der Waals surface area contributed by atoms with Gasteiger partial charge in [0.05, 0.1) is 6.07 Å². The van der Waals surface area contributed by atoms with Crippen LogP contribution in [0.4, 0.5) is 13.2 Å². The SMILES string of the molecule is CC(C)C[C@H](NC(=O)C(F)(F)F)C(=O)N1CC2C(C1C(=O)N[C@H](C#N)C[C@@H]1CCNC1=O)C2(C)C. The molecule has 2 aliphatic heterocycles. The lowest BCUT2D eigenvalue weighted by atomic mass is 9.96. The van der Waals surface area contributed by atoms with Crippen LogP contribution in [0.15, 0.2) is 0 Å². The first-order chi connectivity index (χ1) is 16.2. The summed E-state index contributed by atoms with van der Waals surface area (Å²) in [6.45, 7) is 8.00. The molecule has 3 unspecified atom stereocenters. The van der Waals surface area contributed by atoms with E-state index < -0.39 is 47.9 Å². The smallest absolute Gasteiger partial charge is 0.356 e. The van der Waals surface area contributed by atoms with Crippen LogP contribution in [0.2, 0.25) is 0 Å². The van der Waals surface area contributed by atoms with Crippen molar-refractivity contribution in [2.24, 2.45) is 29.1 Å². The molecule has 0 bridgehead atoms. The van der Waals surface area contributed by atoms with E-state index >= 15 is 0 Å². The van der Waals surface area contributed by atoms with Gasteiger partial charge in [-0.1, -0.05) is 27.7 Å². The zero-order chi connectivity index (χ0) is 26.3. The van der Waals surface area contributed by atoms with Gasteiger partial charge in [0.25, 0.3) is 0 Å². The molecular weight excluding hydrogens is 467 g/mol. The van der Waals surface area contributed by atoms with Gasteiger partial charge in [0, 0.05) is 19.0 Å². The second-order valence-electron chi connectivity index (χ2n) is 10.7. The van der Waals surface area contributed by atoms with E-state index in [2.05, 4.69) is 10.6 Å². The van der Waals surface area contributed by atoms with Crippen LogP contribution in [0, 0.1) is 40.4 Å². The lowest BCUT2D eigenvalue weighted by Gasteiger charge is -2.34. The summed E-state index contributed by atoms with van der Waals surface area (Å²) in [6.07, 6.45) is -4.49. The van der Waals surface area contributed by atoms with Crippen LogP contribution in [0.25, 0.3) is 0 Å². The number of halogens is 3. The lowest BCUT2D eigenvalue weighted by molar-refractivity contribution is -0.175. The number of nitrogens with zero attached hydrogens (tertiary/aromatic N) is 2. The highest BCUT2D eigenvalue weighted by atomic mass is 19.4. The maximum atomic E-state index is 13.4. The van der Waals surface area contributed by atoms with Crippen LogP contribution in [-0.4, -0.2) is 65.9 Å². The van der Waals surface area contributed by atoms with Crippen molar-refractivity contribution in [3.8, 4) is 6.07 Å². The monoisotopic (exact) mass is 499 g/mol. The fraction of sp³-hybridized carbons (Fsp3) is 0.783. The van der Waals surface area contributed by atoms with Gasteiger partial charge in [0.1, 0.15) is 18.1 Å². The summed E-state index contributed by atoms with van der Waals surface area (Å²) in [6, 6.07) is -1.38. The molecular formula is C23H32F3N5O4. The maximum Gasteiger partial charge on any atom is 0.471 e. The fourth-order valence-corrected chi connectivity index (χ4v) is 5.50. The summed E-state index contributed by atoms with van der Waals surface area (Å²) < 4.78 is 38.6. The van der Waals surface area contributed by atoms with Gasteiger partial charge in [-0.25, -0.2) is 0 Å². The molecule has 9 nitrogen and oxygen atoms in total. The Bertz CT molecular complexity index is 929. The Balaban J connectivity index is 1.78. The predicted molar refractivity (Wildman–Crippen MR) is 117 cm³/mol. The molecule has 2 saturated heterocycles. The second kappa shape index (κ2) is 9.66. The number of piperidine rings is 1. The first-order valence-corrected chi connectivity index (χ1v) is 11.8. The highest BCUT2D eigenvalue weighted by Gasteiger charge is 2.69. The molecule has 35 heavy (non-hydrogen) atoms. The topological polar surface area (TPSA) is 131 Å². The molecule has 0 radical (unpaired) electrons. The molecule has 3 aliphatic rings. The van der Waals surface area contributed by atoms with E-state index in [9.17, 15) is 37.6 Å². The Morgan fingerprint density at radius 3 is 2.43 bits per heavy atom. The quantitative estimate of drug-likeness (QED) is 0.460. The van der Waals surface area contributed by atoms with Crippen molar-refractivity contribution in [1.29, 1.82) is 5.26 Å². The van der Waals surface area contributed by atoms with Gasteiger partial charge in [0.2, 0.25) is 17.7 Å². The minimum Gasteiger partial charge on any atom is -0.356 e. The van der Waals surface area contributed by atoms with Crippen LogP contribution in [0.3, 0.4) is 0 Å². The van der Waals surface area contributed by atoms with Crippen molar-refractivity contribution in [3.05, 3.63) is 0 Å². The van der Waals surface area contributed by atoms with Gasteiger partial charge in [-0.05, 0) is 42.4 Å². The summed E-state index contributed by atoms with van der Waals surface area (Å²) in [5.74, 6) is -4.56. The standard InChI is InChI=1S/C23H32F3N5O4/c1-11(2)7-15(30-21(35)23(24,25)26)20(34)31-10-14-16(22(14,3)4)17(31)19(33)29-13(9-27)8-12-5-6-28-18(12)32/h11-17H,5-8,10H2,1-4H3,(H,28,32)(H,29,33)(H,30,35)/t12-,13-,14?,15-,16?,17?/m0/s1. The second-order valence-corrected chi connectivity index (χ2v) is 10.7. The number of amides is 4. The average Bonchev–Trinajstić information content (AvgIpc) is 3.10. The Labute approximate surface area is 202 Å². The van der Waals surface area contributed by atoms with E-state index in [1.165, 1.54) is 4.90 Å². The summed E-state index contributed by atoms with van der Waals surface area (Å²) in [5, 5.41) is 16.7. The molecule has 0 spiro atoms. The summed E-state index contributed by atoms with van der Waals surface area (Å²) in [4.78, 5) is 51.4. The lowest BCUT2D eigenvalue weighted by Crippen LogP contribution is -2.58. The molecule has 1 saturated carbocycles. The number of alkyl halides is 3. The third-order valence-electron chi connectivity index (χ3n) is 7.48. The molecule has 3 rings (SSSR count). The highest BCUT2D eigenvalue weighted by molar-refractivity contribution is 5.94. The van der Waals surface area contributed by atoms with Crippen LogP contribution in [-0.2, 0) is 19.2 Å². The van der Waals surface area contributed by atoms with Crippen LogP contribution in [0.5, 0.6) is 0 Å². The zero-order valence-electron chi connectivity index (χ0n) is 20.2. The van der Waals surface area contributed by atoms with Crippen LogP contribution < -0.4 is 16.0 Å². The molecule has 3 N–H and O–H groups in total. The van der Waals surface area contributed by atoms with Crippen LogP contribution >= 0.6 is 0 Å². The average molecular weight is 500 g/mol. The number of nitrogens with one attached hydrogen (secondary N) is 3. The van der Waals surface area contributed by atoms with Crippen molar-refractivity contribution in [1.82, 2.24) is 20.9 Å². The van der Waals surface area contributed by atoms with Crippen molar-refractivity contribution in [2.45, 2.75) is 71.3 Å². The Kier molecular flexibility index (Phi) is 7.39. The van der Waals surface area contributed by atoms with E-state index in [4.69, 9.17) is 0 Å². The predicted octanol–water partition coefficient (Wildman–Crippen LogP) is 1.10. The van der Waals surface area contributed by atoms with Gasteiger partial charge >= 0.3 is 12.1 Å². The number of likely N-dealkylation sites (tertiary alicyclic amines) is 1. The Hall–Kier alpha value is -2.84. The van der Waals surface area contributed by atoms with E-state index in [1.807, 2.05) is 19.9 Å². The zero-order valence-corrected chi connectivity index (χ0v) is 20.2. The van der Waals surface area contributed by atoms with Gasteiger partial charge in [-0.2, -0.15) is 18.4 Å². The van der Waals surface area contributed by atoms with Gasteiger partial charge in [-0.15, -0.1) is 0 Å². The van der Waals surface area contributed by atoms with E-state index in [0.717, 1.165) is 0 Å². The molecule has 2 heterocycles. The molecule has 12 heteroatoms. The maximum absolute atomic E-state index is 13.4. The molecule has 1 aliphatic carbocycles. The Morgan fingerprint density at radius 1 is 1.26 bits per heavy atom. The fourth-order valence-electron chi connectivity index (χ4n) is 5.50. The van der Waals surface area contributed by atoms with Crippen molar-refractivity contribution < 1.29 is 32.3 Å². The van der Waals surface area contributed by atoms with Gasteiger partial charge < -0.3 is 20.9 Å². The third kappa shape index (κ3) is 5.54. The number of rotatable bonds is 8. The molecule has 3 fully saturated rings. The number of hydrogen-bond donors (Lipinski definition) is 3. The number of carbonyl (C=O) groups excluding carboxylic acids is 4. The molecule has 194 valence electrons. The minimum absolute atomic E-state index is 0.0260. The van der Waals surface area contributed by atoms with Gasteiger partial charge in [0.15, 0.2) is 0 Å². The highest BCUT2D eigenvalue weighted by Crippen LogP contribution is 2.65. The van der Waals surface area contributed by atoms with E-state index in [-0.39, 0.29) is 48.5 Å². The summed E-state index contributed by atoms with van der Waals surface area (Å²) >= 11 is 0. The first-order valence-electron chi connectivity index (χ1n) is 11.8. The van der Waals surface area contributed by atoms with E-state index in [1.54, 1.807) is 19.2 Å². The van der Waals surface area contributed by atoms with E-state index in [0.29, 0.717) is 13.0 Å². The Morgan fingerprint density at radius 2 is 1.91 bits per heavy atom. The van der Waals surface area contributed by atoms with Crippen molar-refractivity contribution in [3.63, 3.8) is 0 Å². The molecule has 4 amide bonds. The minimum atomic E-state index is -5.14. The first kappa shape index (κ1) is 26.8. The number of nitriles is 1. The largest absolute Gasteiger partial charge is 0.471 e.